The fraction of sp³-hybridized carbons (Fsp3) is 0.0500. The molecule has 0 radical (unpaired) electrons. The minimum atomic E-state index is -0.249. The van der Waals surface area contributed by atoms with Crippen molar-refractivity contribution in [3.63, 3.8) is 0 Å². The lowest BCUT2D eigenvalue weighted by Crippen LogP contribution is -2.13. The molecule has 3 nitrogen and oxygen atoms in total. The summed E-state index contributed by atoms with van der Waals surface area (Å²) in [5.74, 6) is 0.928. The first kappa shape index (κ1) is 16.1. The molecule has 0 aromatic heterocycles. The molecule has 0 spiro atoms. The molecule has 0 bridgehead atoms. The van der Waals surface area contributed by atoms with E-state index in [9.17, 15) is 4.79 Å². The molecule has 0 aliphatic heterocycles. The van der Waals surface area contributed by atoms with Gasteiger partial charge in [-0.25, -0.2) is 0 Å². The molecule has 0 fully saturated rings. The van der Waals surface area contributed by atoms with E-state index in [4.69, 9.17) is 16.3 Å². The number of carbonyl (C=O) groups excluding carboxylic acids is 1. The average Bonchev–Trinajstić information content (AvgIpc) is 2.59. The Morgan fingerprint density at radius 1 is 0.958 bits per heavy atom. The van der Waals surface area contributed by atoms with Crippen LogP contribution in [0.15, 0.2) is 72.8 Å². The molecule has 3 rings (SSSR count). The summed E-state index contributed by atoms with van der Waals surface area (Å²) in [4.78, 5) is 12.6. The van der Waals surface area contributed by atoms with Crippen LogP contribution in [0.2, 0.25) is 5.02 Å². The van der Waals surface area contributed by atoms with Crippen molar-refractivity contribution in [1.29, 1.82) is 0 Å². The van der Waals surface area contributed by atoms with E-state index in [1.807, 2.05) is 55.5 Å². The van der Waals surface area contributed by atoms with Gasteiger partial charge in [-0.3, -0.25) is 4.79 Å². The third-order valence-corrected chi connectivity index (χ3v) is 3.94. The highest BCUT2D eigenvalue weighted by Crippen LogP contribution is 2.26. The largest absolute Gasteiger partial charge is 0.457 e. The quantitative estimate of drug-likeness (QED) is 0.663. The van der Waals surface area contributed by atoms with Gasteiger partial charge in [-0.15, -0.1) is 0 Å². The number of rotatable bonds is 4. The minimum Gasteiger partial charge on any atom is -0.457 e. The standard InChI is InChI=1S/C20H16ClNO2/c1-14-11-12-15(13-18(14)21)22-20(23)17-9-5-6-10-19(17)24-16-7-3-2-4-8-16/h2-13H,1H3,(H,22,23). The first-order valence-electron chi connectivity index (χ1n) is 7.53. The van der Waals surface area contributed by atoms with E-state index < -0.39 is 0 Å². The Morgan fingerprint density at radius 2 is 1.67 bits per heavy atom. The van der Waals surface area contributed by atoms with Crippen molar-refractivity contribution in [2.75, 3.05) is 5.32 Å². The summed E-state index contributed by atoms with van der Waals surface area (Å²) in [6.45, 7) is 1.91. The van der Waals surface area contributed by atoms with Crippen molar-refractivity contribution in [2.45, 2.75) is 6.92 Å². The van der Waals surface area contributed by atoms with Gasteiger partial charge in [0.2, 0.25) is 0 Å². The van der Waals surface area contributed by atoms with E-state index in [-0.39, 0.29) is 5.91 Å². The second-order valence-electron chi connectivity index (χ2n) is 5.33. The third kappa shape index (κ3) is 3.76. The number of anilines is 1. The molecule has 3 aromatic carbocycles. The van der Waals surface area contributed by atoms with Crippen molar-refractivity contribution in [3.8, 4) is 11.5 Å². The zero-order valence-corrected chi connectivity index (χ0v) is 13.9. The van der Waals surface area contributed by atoms with Crippen molar-refractivity contribution in [2.24, 2.45) is 0 Å². The Morgan fingerprint density at radius 3 is 2.42 bits per heavy atom. The molecule has 0 aliphatic carbocycles. The van der Waals surface area contributed by atoms with Crippen LogP contribution in [0.3, 0.4) is 0 Å². The molecule has 0 saturated carbocycles. The van der Waals surface area contributed by atoms with E-state index in [2.05, 4.69) is 5.32 Å². The maximum atomic E-state index is 12.6. The molecule has 0 saturated heterocycles. The molecule has 4 heteroatoms. The summed E-state index contributed by atoms with van der Waals surface area (Å²) in [6.07, 6.45) is 0. The van der Waals surface area contributed by atoms with Crippen LogP contribution in [-0.2, 0) is 0 Å². The first-order valence-corrected chi connectivity index (χ1v) is 7.91. The highest BCUT2D eigenvalue weighted by molar-refractivity contribution is 6.31. The normalized spacial score (nSPS) is 10.2. The van der Waals surface area contributed by atoms with Gasteiger partial charge in [0.05, 0.1) is 5.56 Å². The summed E-state index contributed by atoms with van der Waals surface area (Å²) >= 11 is 6.11. The predicted molar refractivity (Wildman–Crippen MR) is 97.1 cm³/mol. The van der Waals surface area contributed by atoms with Gasteiger partial charge >= 0.3 is 0 Å². The van der Waals surface area contributed by atoms with Gasteiger partial charge in [0.25, 0.3) is 5.91 Å². The number of para-hydroxylation sites is 2. The van der Waals surface area contributed by atoms with Gasteiger partial charge in [0.1, 0.15) is 11.5 Å². The van der Waals surface area contributed by atoms with Gasteiger partial charge in [0.15, 0.2) is 0 Å². The zero-order valence-electron chi connectivity index (χ0n) is 13.1. The van der Waals surface area contributed by atoms with Crippen molar-refractivity contribution >= 4 is 23.2 Å². The number of benzene rings is 3. The molecule has 1 N–H and O–H groups in total. The molecule has 0 aliphatic rings. The van der Waals surface area contributed by atoms with Crippen molar-refractivity contribution in [1.82, 2.24) is 0 Å². The lowest BCUT2D eigenvalue weighted by molar-refractivity contribution is 0.102. The van der Waals surface area contributed by atoms with Gasteiger partial charge in [-0.05, 0) is 48.9 Å². The van der Waals surface area contributed by atoms with Gasteiger partial charge in [0, 0.05) is 10.7 Å². The van der Waals surface area contributed by atoms with Crippen molar-refractivity contribution in [3.05, 3.63) is 88.9 Å². The summed E-state index contributed by atoms with van der Waals surface area (Å²) in [6, 6.07) is 21.9. The Labute approximate surface area is 145 Å². The SMILES string of the molecule is Cc1ccc(NC(=O)c2ccccc2Oc2ccccc2)cc1Cl. The molecule has 3 aromatic rings. The van der Waals surface area contributed by atoms with E-state index in [0.717, 1.165) is 5.56 Å². The topological polar surface area (TPSA) is 38.3 Å². The number of carbonyl (C=O) groups is 1. The minimum absolute atomic E-state index is 0.249. The number of ether oxygens (including phenoxy) is 1. The first-order chi connectivity index (χ1) is 11.6. The van der Waals surface area contributed by atoms with Crippen LogP contribution in [0.1, 0.15) is 15.9 Å². The van der Waals surface area contributed by atoms with Crippen LogP contribution in [0.25, 0.3) is 0 Å². The van der Waals surface area contributed by atoms with Crippen LogP contribution in [0.4, 0.5) is 5.69 Å². The number of halogens is 1. The summed E-state index contributed by atoms with van der Waals surface area (Å²) in [7, 11) is 0. The van der Waals surface area contributed by atoms with Crippen LogP contribution in [0.5, 0.6) is 11.5 Å². The molecular weight excluding hydrogens is 322 g/mol. The Balaban J connectivity index is 1.83. The fourth-order valence-electron chi connectivity index (χ4n) is 2.23. The second kappa shape index (κ2) is 7.20. The number of amides is 1. The van der Waals surface area contributed by atoms with E-state index >= 15 is 0 Å². The van der Waals surface area contributed by atoms with Gasteiger partial charge in [-0.2, -0.15) is 0 Å². The molecule has 120 valence electrons. The molecule has 24 heavy (non-hydrogen) atoms. The smallest absolute Gasteiger partial charge is 0.259 e. The Hall–Kier alpha value is -2.78. The molecule has 0 heterocycles. The summed E-state index contributed by atoms with van der Waals surface area (Å²) < 4.78 is 5.82. The summed E-state index contributed by atoms with van der Waals surface area (Å²) in [5.41, 5.74) is 2.06. The van der Waals surface area contributed by atoms with E-state index in [1.54, 1.807) is 24.3 Å². The van der Waals surface area contributed by atoms with Crippen molar-refractivity contribution < 1.29 is 9.53 Å². The van der Waals surface area contributed by atoms with Gasteiger partial charge in [-0.1, -0.05) is 48.0 Å². The lowest BCUT2D eigenvalue weighted by Gasteiger charge is -2.12. The average molecular weight is 338 g/mol. The van der Waals surface area contributed by atoms with Crippen LogP contribution < -0.4 is 10.1 Å². The molecular formula is C20H16ClNO2. The number of nitrogens with one attached hydrogen (secondary N) is 1. The lowest BCUT2D eigenvalue weighted by atomic mass is 10.1. The zero-order chi connectivity index (χ0) is 16.9. The predicted octanol–water partition coefficient (Wildman–Crippen LogP) is 5.69. The van der Waals surface area contributed by atoms with Crippen LogP contribution in [-0.4, -0.2) is 5.91 Å². The van der Waals surface area contributed by atoms with Crippen LogP contribution in [0, 0.1) is 6.92 Å². The van der Waals surface area contributed by atoms with Crippen LogP contribution >= 0.6 is 11.6 Å². The molecule has 0 unspecified atom stereocenters. The number of aryl methyl sites for hydroxylation is 1. The highest BCUT2D eigenvalue weighted by Gasteiger charge is 2.13. The maximum Gasteiger partial charge on any atom is 0.259 e. The monoisotopic (exact) mass is 337 g/mol. The van der Waals surface area contributed by atoms with E-state index in [0.29, 0.717) is 27.8 Å². The van der Waals surface area contributed by atoms with Gasteiger partial charge < -0.3 is 10.1 Å². The third-order valence-electron chi connectivity index (χ3n) is 3.53. The highest BCUT2D eigenvalue weighted by atomic mass is 35.5. The Kier molecular flexibility index (Phi) is 4.82. The number of hydrogen-bond acceptors (Lipinski definition) is 2. The fourth-order valence-corrected chi connectivity index (χ4v) is 2.41. The molecule has 1 amide bonds. The second-order valence-corrected chi connectivity index (χ2v) is 5.74. The maximum absolute atomic E-state index is 12.6. The van der Waals surface area contributed by atoms with E-state index in [1.165, 1.54) is 0 Å². The summed E-state index contributed by atoms with van der Waals surface area (Å²) in [5, 5.41) is 3.46. The molecule has 0 atom stereocenters. The number of hydrogen-bond donors (Lipinski definition) is 1. The Bertz CT molecular complexity index is 863.